The fourth-order valence-corrected chi connectivity index (χ4v) is 2.82. The van der Waals surface area contributed by atoms with Gasteiger partial charge in [-0.1, -0.05) is 25.1 Å². The van der Waals surface area contributed by atoms with E-state index < -0.39 is 5.82 Å². The third-order valence-corrected chi connectivity index (χ3v) is 4.33. The van der Waals surface area contributed by atoms with Crippen molar-refractivity contribution in [3.63, 3.8) is 0 Å². The summed E-state index contributed by atoms with van der Waals surface area (Å²) in [5.74, 6) is -0.445. The minimum atomic E-state index is -0.502. The molecule has 0 radical (unpaired) electrons. The van der Waals surface area contributed by atoms with Crippen molar-refractivity contribution < 1.29 is 13.5 Å². The van der Waals surface area contributed by atoms with Crippen molar-refractivity contribution in [2.75, 3.05) is 0 Å². The number of ether oxygens (including phenoxy) is 1. The number of aryl methyl sites for hydroxylation is 2. The van der Waals surface area contributed by atoms with Crippen molar-refractivity contribution in [1.82, 2.24) is 4.98 Å². The van der Waals surface area contributed by atoms with Gasteiger partial charge in [0, 0.05) is 17.2 Å². The van der Waals surface area contributed by atoms with Crippen LogP contribution in [0.5, 0.6) is 5.88 Å². The zero-order valence-electron chi connectivity index (χ0n) is 15.1. The fraction of sp³-hybridized carbons (Fsp3) is 0.182. The van der Waals surface area contributed by atoms with Gasteiger partial charge in [0.25, 0.3) is 0 Å². The molecule has 2 aromatic carbocycles. The lowest BCUT2D eigenvalue weighted by molar-refractivity contribution is 0.288. The molecule has 3 rings (SSSR count). The van der Waals surface area contributed by atoms with E-state index >= 15 is 0 Å². The van der Waals surface area contributed by atoms with E-state index in [9.17, 15) is 8.78 Å². The van der Waals surface area contributed by atoms with E-state index in [2.05, 4.69) is 4.98 Å². The van der Waals surface area contributed by atoms with Crippen LogP contribution in [0.3, 0.4) is 0 Å². The third-order valence-electron chi connectivity index (χ3n) is 4.33. The molecule has 3 aromatic rings. The molecule has 136 valence electrons. The van der Waals surface area contributed by atoms with E-state index in [0.717, 1.165) is 5.56 Å². The maximum Gasteiger partial charge on any atom is 0.214 e. The van der Waals surface area contributed by atoms with Gasteiger partial charge in [0.2, 0.25) is 5.88 Å². The van der Waals surface area contributed by atoms with Crippen LogP contribution in [0.2, 0.25) is 0 Å². The number of hydrogen-bond donors (Lipinski definition) is 0. The van der Waals surface area contributed by atoms with E-state index in [-0.39, 0.29) is 18.0 Å². The molecule has 0 bridgehead atoms. The van der Waals surface area contributed by atoms with Crippen molar-refractivity contribution in [1.29, 1.82) is 5.26 Å². The zero-order valence-corrected chi connectivity index (χ0v) is 15.1. The number of nitriles is 1. The Bertz CT molecular complexity index is 1030. The molecule has 0 N–H and O–H groups in total. The topological polar surface area (TPSA) is 45.9 Å². The van der Waals surface area contributed by atoms with Crippen LogP contribution in [0, 0.1) is 29.9 Å². The van der Waals surface area contributed by atoms with Gasteiger partial charge in [-0.05, 0) is 48.7 Å². The Hall–Kier alpha value is -3.26. The number of pyridine rings is 1. The lowest BCUT2D eigenvalue weighted by atomic mass is 10.0. The van der Waals surface area contributed by atoms with Gasteiger partial charge in [0.1, 0.15) is 18.2 Å². The SMILES string of the molecule is CCc1cc(C)c(-c2cccc(OCc3ccc(C#N)cc3F)n2)cc1F. The molecule has 1 heterocycles. The Morgan fingerprint density at radius 2 is 1.81 bits per heavy atom. The lowest BCUT2D eigenvalue weighted by Gasteiger charge is -2.11. The number of halogens is 2. The van der Waals surface area contributed by atoms with E-state index in [0.29, 0.717) is 34.7 Å². The van der Waals surface area contributed by atoms with Crippen LogP contribution in [0.4, 0.5) is 8.78 Å². The molecule has 0 saturated carbocycles. The highest BCUT2D eigenvalue weighted by Crippen LogP contribution is 2.27. The molecule has 1 aromatic heterocycles. The predicted molar refractivity (Wildman–Crippen MR) is 99.2 cm³/mol. The maximum atomic E-state index is 14.2. The van der Waals surface area contributed by atoms with Crippen molar-refractivity contribution in [2.24, 2.45) is 0 Å². The van der Waals surface area contributed by atoms with Gasteiger partial charge in [-0.3, -0.25) is 0 Å². The first-order valence-electron chi connectivity index (χ1n) is 8.59. The van der Waals surface area contributed by atoms with Crippen molar-refractivity contribution >= 4 is 0 Å². The maximum absolute atomic E-state index is 14.2. The molecular formula is C22H18F2N2O. The summed E-state index contributed by atoms with van der Waals surface area (Å²) in [6.07, 6.45) is 0.625. The van der Waals surface area contributed by atoms with Crippen LogP contribution in [0.25, 0.3) is 11.3 Å². The van der Waals surface area contributed by atoms with Gasteiger partial charge >= 0.3 is 0 Å². The van der Waals surface area contributed by atoms with Crippen molar-refractivity contribution in [3.8, 4) is 23.2 Å². The third kappa shape index (κ3) is 4.12. The number of nitrogens with zero attached hydrogens (tertiary/aromatic N) is 2. The lowest BCUT2D eigenvalue weighted by Crippen LogP contribution is -2.01. The first-order valence-corrected chi connectivity index (χ1v) is 8.59. The van der Waals surface area contributed by atoms with Gasteiger partial charge in [0.15, 0.2) is 0 Å². The van der Waals surface area contributed by atoms with Crippen LogP contribution < -0.4 is 4.74 Å². The highest BCUT2D eigenvalue weighted by Gasteiger charge is 2.11. The smallest absolute Gasteiger partial charge is 0.214 e. The second-order valence-corrected chi connectivity index (χ2v) is 6.18. The van der Waals surface area contributed by atoms with Crippen LogP contribution in [0.15, 0.2) is 48.5 Å². The van der Waals surface area contributed by atoms with E-state index in [1.165, 1.54) is 24.3 Å². The van der Waals surface area contributed by atoms with E-state index in [4.69, 9.17) is 10.00 Å². The predicted octanol–water partition coefficient (Wildman–Crippen LogP) is 5.35. The molecule has 0 amide bonds. The molecule has 0 aliphatic carbocycles. The first-order chi connectivity index (χ1) is 13.0. The number of hydrogen-bond acceptors (Lipinski definition) is 3. The summed E-state index contributed by atoms with van der Waals surface area (Å²) in [6.45, 7) is 3.80. The molecule has 0 aliphatic heterocycles. The van der Waals surface area contributed by atoms with Crippen molar-refractivity contribution in [2.45, 2.75) is 26.9 Å². The summed E-state index contributed by atoms with van der Waals surface area (Å²) in [4.78, 5) is 4.42. The first kappa shape index (κ1) is 18.5. The van der Waals surface area contributed by atoms with Crippen LogP contribution in [-0.4, -0.2) is 4.98 Å². The fourth-order valence-electron chi connectivity index (χ4n) is 2.82. The molecule has 0 atom stereocenters. The summed E-state index contributed by atoms with van der Waals surface area (Å²) in [7, 11) is 0. The summed E-state index contributed by atoms with van der Waals surface area (Å²) >= 11 is 0. The molecular weight excluding hydrogens is 346 g/mol. The number of benzene rings is 2. The normalized spacial score (nSPS) is 10.5. The van der Waals surface area contributed by atoms with Crippen LogP contribution in [-0.2, 0) is 13.0 Å². The monoisotopic (exact) mass is 364 g/mol. The average molecular weight is 364 g/mol. The molecule has 0 fully saturated rings. The van der Waals surface area contributed by atoms with E-state index in [1.807, 2.05) is 26.0 Å². The molecule has 0 unspecified atom stereocenters. The molecule has 0 saturated heterocycles. The number of rotatable bonds is 5. The Morgan fingerprint density at radius 1 is 1.04 bits per heavy atom. The molecule has 3 nitrogen and oxygen atoms in total. The van der Waals surface area contributed by atoms with Gasteiger partial charge in [-0.15, -0.1) is 0 Å². The van der Waals surface area contributed by atoms with Crippen molar-refractivity contribution in [3.05, 3.63) is 82.4 Å². The van der Waals surface area contributed by atoms with Gasteiger partial charge in [0.05, 0.1) is 17.3 Å². The van der Waals surface area contributed by atoms with Gasteiger partial charge in [-0.2, -0.15) is 5.26 Å². The Labute approximate surface area is 156 Å². The second-order valence-electron chi connectivity index (χ2n) is 6.18. The standard InChI is InChI=1S/C22H18F2N2O/c1-3-16-9-14(2)18(11-20(16)24)21-5-4-6-22(26-21)27-13-17-8-7-15(12-25)10-19(17)23/h4-11H,3,13H2,1-2H3. The molecule has 0 aliphatic rings. The summed E-state index contributed by atoms with van der Waals surface area (Å²) in [5, 5.41) is 8.79. The highest BCUT2D eigenvalue weighted by molar-refractivity contribution is 5.64. The summed E-state index contributed by atoms with van der Waals surface area (Å²) in [5.41, 5.74) is 3.46. The highest BCUT2D eigenvalue weighted by atomic mass is 19.1. The van der Waals surface area contributed by atoms with Gasteiger partial charge in [-0.25, -0.2) is 13.8 Å². The largest absolute Gasteiger partial charge is 0.473 e. The Kier molecular flexibility index (Phi) is 5.46. The zero-order chi connectivity index (χ0) is 19.4. The minimum absolute atomic E-state index is 0.0177. The molecule has 27 heavy (non-hydrogen) atoms. The van der Waals surface area contributed by atoms with Crippen LogP contribution >= 0.6 is 0 Å². The second kappa shape index (κ2) is 7.96. The Morgan fingerprint density at radius 3 is 2.52 bits per heavy atom. The quantitative estimate of drug-likeness (QED) is 0.613. The minimum Gasteiger partial charge on any atom is -0.473 e. The average Bonchev–Trinajstić information content (AvgIpc) is 2.68. The summed E-state index contributed by atoms with van der Waals surface area (Å²) < 4.78 is 33.7. The van der Waals surface area contributed by atoms with E-state index in [1.54, 1.807) is 18.2 Å². The summed E-state index contributed by atoms with van der Waals surface area (Å²) in [6, 6.07) is 14.6. The van der Waals surface area contributed by atoms with Gasteiger partial charge < -0.3 is 4.74 Å². The molecule has 0 spiro atoms. The van der Waals surface area contributed by atoms with Crippen LogP contribution in [0.1, 0.15) is 29.2 Å². The Balaban J connectivity index is 1.82. The molecule has 5 heteroatoms. The number of aromatic nitrogens is 1.